The fraction of sp³-hybridized carbons (Fsp3) is 0.316. The van der Waals surface area contributed by atoms with Crippen LogP contribution in [-0.4, -0.2) is 12.6 Å². The highest BCUT2D eigenvalue weighted by molar-refractivity contribution is 6.30. The molecular weight excluding hydrogens is 308 g/mol. The number of nitrogens with one attached hydrogen (secondary N) is 2. The summed E-state index contributed by atoms with van der Waals surface area (Å²) in [5.74, 6) is 0. The molecule has 0 aliphatic rings. The number of hydrogen-bond donors (Lipinski definition) is 2. The van der Waals surface area contributed by atoms with Crippen LogP contribution < -0.4 is 10.6 Å². The minimum Gasteiger partial charge on any atom is -0.338 e. The Labute approximate surface area is 143 Å². The molecule has 122 valence electrons. The molecule has 0 fully saturated rings. The molecule has 23 heavy (non-hydrogen) atoms. The predicted octanol–water partition coefficient (Wildman–Crippen LogP) is 4.51. The molecule has 0 saturated heterocycles. The summed E-state index contributed by atoms with van der Waals surface area (Å²) in [7, 11) is 0. The molecule has 3 nitrogen and oxygen atoms in total. The number of benzene rings is 2. The second-order valence-corrected chi connectivity index (χ2v) is 6.03. The van der Waals surface area contributed by atoms with Crippen LogP contribution in [0.15, 0.2) is 48.5 Å². The lowest BCUT2D eigenvalue weighted by molar-refractivity contribution is 0.238. The molecule has 0 saturated carbocycles. The molecule has 0 aliphatic carbocycles. The highest BCUT2D eigenvalue weighted by atomic mass is 35.5. The van der Waals surface area contributed by atoms with E-state index in [1.165, 1.54) is 5.56 Å². The SMILES string of the molecule is CCc1ccc(C(C)NC(=O)NCCc2cccc(Cl)c2)cc1. The van der Waals surface area contributed by atoms with E-state index in [2.05, 4.69) is 41.8 Å². The van der Waals surface area contributed by atoms with Crippen LogP contribution in [0.5, 0.6) is 0 Å². The summed E-state index contributed by atoms with van der Waals surface area (Å²) < 4.78 is 0. The number of aryl methyl sites for hydroxylation is 1. The van der Waals surface area contributed by atoms with E-state index in [1.54, 1.807) is 0 Å². The number of amides is 2. The molecule has 0 heterocycles. The van der Waals surface area contributed by atoms with E-state index in [-0.39, 0.29) is 12.1 Å². The van der Waals surface area contributed by atoms with Crippen LogP contribution in [0.1, 0.15) is 36.6 Å². The second kappa shape index (κ2) is 8.59. The zero-order valence-corrected chi connectivity index (χ0v) is 14.4. The molecule has 2 aromatic rings. The van der Waals surface area contributed by atoms with Crippen molar-refractivity contribution in [3.63, 3.8) is 0 Å². The van der Waals surface area contributed by atoms with Crippen LogP contribution in [0.25, 0.3) is 0 Å². The number of carbonyl (C=O) groups excluding carboxylic acids is 1. The van der Waals surface area contributed by atoms with Crippen molar-refractivity contribution in [1.82, 2.24) is 10.6 Å². The van der Waals surface area contributed by atoms with Gasteiger partial charge in [0.05, 0.1) is 6.04 Å². The summed E-state index contributed by atoms with van der Waals surface area (Å²) in [4.78, 5) is 12.0. The van der Waals surface area contributed by atoms with Crippen LogP contribution in [0.3, 0.4) is 0 Å². The highest BCUT2D eigenvalue weighted by Gasteiger charge is 2.08. The van der Waals surface area contributed by atoms with Gasteiger partial charge in [-0.1, -0.05) is 54.9 Å². The number of urea groups is 1. The van der Waals surface area contributed by atoms with Gasteiger partial charge in [-0.2, -0.15) is 0 Å². The summed E-state index contributed by atoms with van der Waals surface area (Å²) in [5.41, 5.74) is 3.51. The third-order valence-electron chi connectivity index (χ3n) is 3.82. The van der Waals surface area contributed by atoms with E-state index in [0.29, 0.717) is 6.54 Å². The van der Waals surface area contributed by atoms with Gasteiger partial charge >= 0.3 is 6.03 Å². The summed E-state index contributed by atoms with van der Waals surface area (Å²) >= 11 is 5.94. The van der Waals surface area contributed by atoms with Crippen LogP contribution in [0.4, 0.5) is 4.79 Å². The van der Waals surface area contributed by atoms with Crippen LogP contribution in [0, 0.1) is 0 Å². The molecule has 4 heteroatoms. The van der Waals surface area contributed by atoms with Gasteiger partial charge in [-0.05, 0) is 48.6 Å². The lowest BCUT2D eigenvalue weighted by Gasteiger charge is -2.15. The van der Waals surface area contributed by atoms with Crippen molar-refractivity contribution in [1.29, 1.82) is 0 Å². The molecule has 1 unspecified atom stereocenters. The molecule has 2 aromatic carbocycles. The Kier molecular flexibility index (Phi) is 6.48. The van der Waals surface area contributed by atoms with Gasteiger partial charge in [0.1, 0.15) is 0 Å². The second-order valence-electron chi connectivity index (χ2n) is 5.60. The Morgan fingerprint density at radius 1 is 1.13 bits per heavy atom. The van der Waals surface area contributed by atoms with E-state index < -0.39 is 0 Å². The molecular formula is C19H23ClN2O. The predicted molar refractivity (Wildman–Crippen MR) is 95.9 cm³/mol. The topological polar surface area (TPSA) is 41.1 Å². The van der Waals surface area contributed by atoms with Crippen molar-refractivity contribution >= 4 is 17.6 Å². The van der Waals surface area contributed by atoms with E-state index in [4.69, 9.17) is 11.6 Å². The lowest BCUT2D eigenvalue weighted by atomic mass is 10.1. The first-order chi connectivity index (χ1) is 11.1. The summed E-state index contributed by atoms with van der Waals surface area (Å²) in [5, 5.41) is 6.55. The monoisotopic (exact) mass is 330 g/mol. The van der Waals surface area contributed by atoms with Crippen LogP contribution >= 0.6 is 11.6 Å². The Morgan fingerprint density at radius 3 is 2.52 bits per heavy atom. The first-order valence-electron chi connectivity index (χ1n) is 7.96. The molecule has 0 bridgehead atoms. The Balaban J connectivity index is 1.77. The average Bonchev–Trinajstić information content (AvgIpc) is 2.55. The maximum Gasteiger partial charge on any atom is 0.315 e. The van der Waals surface area contributed by atoms with Gasteiger partial charge in [0.2, 0.25) is 0 Å². The Hall–Kier alpha value is -2.00. The van der Waals surface area contributed by atoms with E-state index in [9.17, 15) is 4.79 Å². The molecule has 2 N–H and O–H groups in total. The maximum absolute atomic E-state index is 12.0. The first kappa shape index (κ1) is 17.4. The zero-order valence-electron chi connectivity index (χ0n) is 13.6. The maximum atomic E-state index is 12.0. The number of rotatable bonds is 6. The summed E-state index contributed by atoms with van der Waals surface area (Å²) in [6.07, 6.45) is 1.78. The van der Waals surface area contributed by atoms with Crippen LogP contribution in [-0.2, 0) is 12.8 Å². The molecule has 0 aromatic heterocycles. The highest BCUT2D eigenvalue weighted by Crippen LogP contribution is 2.13. The molecule has 0 spiro atoms. The van der Waals surface area contributed by atoms with E-state index in [1.807, 2.05) is 31.2 Å². The number of halogens is 1. The Bertz CT molecular complexity index is 640. The quantitative estimate of drug-likeness (QED) is 0.804. The van der Waals surface area contributed by atoms with Crippen molar-refractivity contribution in [2.24, 2.45) is 0 Å². The minimum absolute atomic E-state index is 0.0212. The molecule has 0 aliphatic heterocycles. The fourth-order valence-electron chi connectivity index (χ4n) is 2.39. The first-order valence-corrected chi connectivity index (χ1v) is 8.34. The molecule has 2 rings (SSSR count). The molecule has 2 amide bonds. The van der Waals surface area contributed by atoms with Gasteiger partial charge in [0.25, 0.3) is 0 Å². The van der Waals surface area contributed by atoms with Crippen molar-refractivity contribution in [2.75, 3.05) is 6.54 Å². The standard InChI is InChI=1S/C19H23ClN2O/c1-3-15-7-9-17(10-8-15)14(2)22-19(23)21-12-11-16-5-4-6-18(20)13-16/h4-10,13-14H,3,11-12H2,1-2H3,(H2,21,22,23). The largest absolute Gasteiger partial charge is 0.338 e. The third-order valence-corrected chi connectivity index (χ3v) is 4.06. The number of hydrogen-bond acceptors (Lipinski definition) is 1. The van der Waals surface area contributed by atoms with Crippen molar-refractivity contribution in [3.05, 3.63) is 70.2 Å². The van der Waals surface area contributed by atoms with Gasteiger partial charge in [0.15, 0.2) is 0 Å². The normalized spacial score (nSPS) is 11.8. The lowest BCUT2D eigenvalue weighted by Crippen LogP contribution is -2.38. The smallest absolute Gasteiger partial charge is 0.315 e. The minimum atomic E-state index is -0.154. The summed E-state index contributed by atoms with van der Waals surface area (Å²) in [6.45, 7) is 4.69. The van der Waals surface area contributed by atoms with Crippen molar-refractivity contribution in [2.45, 2.75) is 32.7 Å². The van der Waals surface area contributed by atoms with Gasteiger partial charge in [-0.15, -0.1) is 0 Å². The van der Waals surface area contributed by atoms with Gasteiger partial charge in [-0.25, -0.2) is 4.79 Å². The van der Waals surface area contributed by atoms with Crippen molar-refractivity contribution < 1.29 is 4.79 Å². The molecule has 0 radical (unpaired) electrons. The average molecular weight is 331 g/mol. The van der Waals surface area contributed by atoms with Crippen molar-refractivity contribution in [3.8, 4) is 0 Å². The van der Waals surface area contributed by atoms with Gasteiger partial charge in [0, 0.05) is 11.6 Å². The third kappa shape index (κ3) is 5.61. The van der Waals surface area contributed by atoms with Gasteiger partial charge in [-0.3, -0.25) is 0 Å². The summed E-state index contributed by atoms with van der Waals surface area (Å²) in [6, 6.07) is 15.8. The van der Waals surface area contributed by atoms with E-state index in [0.717, 1.165) is 29.0 Å². The van der Waals surface area contributed by atoms with Gasteiger partial charge < -0.3 is 10.6 Å². The zero-order chi connectivity index (χ0) is 16.7. The number of carbonyl (C=O) groups is 1. The van der Waals surface area contributed by atoms with E-state index >= 15 is 0 Å². The Morgan fingerprint density at radius 2 is 1.87 bits per heavy atom. The van der Waals surface area contributed by atoms with Crippen LogP contribution in [0.2, 0.25) is 5.02 Å². The fourth-order valence-corrected chi connectivity index (χ4v) is 2.60. The molecule has 1 atom stereocenters.